The van der Waals surface area contributed by atoms with Gasteiger partial charge in [0.25, 0.3) is 0 Å². The van der Waals surface area contributed by atoms with Gasteiger partial charge in [-0.05, 0) is 41.0 Å². The van der Waals surface area contributed by atoms with Crippen molar-refractivity contribution < 1.29 is 19.1 Å². The van der Waals surface area contributed by atoms with Crippen molar-refractivity contribution in [2.75, 3.05) is 11.9 Å². The summed E-state index contributed by atoms with van der Waals surface area (Å²) in [5.74, 6) is -2.31. The first-order valence-corrected chi connectivity index (χ1v) is 8.47. The number of rotatable bonds is 4. The number of carbonyl (C=O) groups excluding carboxylic acids is 2. The van der Waals surface area contributed by atoms with Gasteiger partial charge in [-0.25, -0.2) is 4.39 Å². The van der Waals surface area contributed by atoms with Crippen LogP contribution in [0.5, 0.6) is 0 Å². The number of hydrogen-bond acceptors (Lipinski definition) is 3. The molecule has 0 spiro atoms. The quantitative estimate of drug-likeness (QED) is 0.621. The second-order valence-electron chi connectivity index (χ2n) is 6.21. The summed E-state index contributed by atoms with van der Waals surface area (Å²) in [6, 6.07) is 17.3. The van der Waals surface area contributed by atoms with Crippen LogP contribution < -0.4 is 10.6 Å². The highest BCUT2D eigenvalue weighted by Gasteiger charge is 2.17. The fourth-order valence-corrected chi connectivity index (χ4v) is 2.78. The zero-order chi connectivity index (χ0) is 19.4. The third-order valence-electron chi connectivity index (χ3n) is 4.27. The maximum Gasteiger partial charge on any atom is 0.313 e. The molecular weight excluding hydrogens is 347 g/mol. The zero-order valence-corrected chi connectivity index (χ0v) is 14.7. The van der Waals surface area contributed by atoms with Crippen LogP contribution in [-0.4, -0.2) is 23.5 Å². The Kier molecular flexibility index (Phi) is 5.47. The van der Waals surface area contributed by atoms with E-state index in [4.69, 9.17) is 0 Å². The van der Waals surface area contributed by atoms with Gasteiger partial charge in [-0.2, -0.15) is 0 Å². The number of aliphatic hydroxyl groups is 1. The predicted octanol–water partition coefficient (Wildman–Crippen LogP) is 3.08. The summed E-state index contributed by atoms with van der Waals surface area (Å²) in [6.45, 7) is 1.48. The van der Waals surface area contributed by atoms with Crippen LogP contribution in [0.25, 0.3) is 10.8 Å². The number of aryl methyl sites for hydroxylation is 1. The van der Waals surface area contributed by atoms with Crippen molar-refractivity contribution in [3.63, 3.8) is 0 Å². The molecular formula is C21H19FN2O3. The van der Waals surface area contributed by atoms with Crippen LogP contribution in [-0.2, 0) is 9.59 Å². The Balaban J connectivity index is 1.62. The topological polar surface area (TPSA) is 78.4 Å². The SMILES string of the molecule is Cc1ccc(NC(=O)C(=O)NC[C@H](O)c2cccc3ccccc23)cc1F. The van der Waals surface area contributed by atoms with Crippen LogP contribution in [0.3, 0.4) is 0 Å². The van der Waals surface area contributed by atoms with Crippen LogP contribution in [0.2, 0.25) is 0 Å². The van der Waals surface area contributed by atoms with Gasteiger partial charge in [0, 0.05) is 12.2 Å². The first-order valence-electron chi connectivity index (χ1n) is 8.47. The Morgan fingerprint density at radius 3 is 2.56 bits per heavy atom. The summed E-state index contributed by atoms with van der Waals surface area (Å²) < 4.78 is 13.5. The molecule has 5 nitrogen and oxygen atoms in total. The van der Waals surface area contributed by atoms with E-state index in [1.165, 1.54) is 12.1 Å². The lowest BCUT2D eigenvalue weighted by Crippen LogP contribution is -2.37. The van der Waals surface area contributed by atoms with Gasteiger partial charge in [-0.15, -0.1) is 0 Å². The predicted molar refractivity (Wildman–Crippen MR) is 102 cm³/mol. The third kappa shape index (κ3) is 4.30. The first kappa shape index (κ1) is 18.5. The maximum absolute atomic E-state index is 13.5. The Morgan fingerprint density at radius 1 is 1.04 bits per heavy atom. The number of carbonyl (C=O) groups is 2. The molecule has 3 aromatic carbocycles. The van der Waals surface area contributed by atoms with E-state index in [-0.39, 0.29) is 12.2 Å². The highest BCUT2D eigenvalue weighted by atomic mass is 19.1. The van der Waals surface area contributed by atoms with E-state index in [0.717, 1.165) is 16.8 Å². The molecule has 6 heteroatoms. The van der Waals surface area contributed by atoms with Gasteiger partial charge in [0.1, 0.15) is 5.82 Å². The van der Waals surface area contributed by atoms with Crippen molar-refractivity contribution >= 4 is 28.3 Å². The number of anilines is 1. The summed E-state index contributed by atoms with van der Waals surface area (Å²) in [6.07, 6.45) is -0.968. The van der Waals surface area contributed by atoms with Gasteiger partial charge >= 0.3 is 11.8 Å². The molecule has 0 bridgehead atoms. The molecule has 3 N–H and O–H groups in total. The molecule has 0 aliphatic rings. The fraction of sp³-hybridized carbons (Fsp3) is 0.143. The van der Waals surface area contributed by atoms with E-state index in [0.29, 0.717) is 11.1 Å². The van der Waals surface area contributed by atoms with E-state index in [1.54, 1.807) is 13.0 Å². The summed E-state index contributed by atoms with van der Waals surface area (Å²) in [7, 11) is 0. The number of hydrogen-bond donors (Lipinski definition) is 3. The van der Waals surface area contributed by atoms with Crippen LogP contribution in [0.4, 0.5) is 10.1 Å². The van der Waals surface area contributed by atoms with Crippen LogP contribution in [0.15, 0.2) is 60.7 Å². The molecule has 3 rings (SSSR count). The van der Waals surface area contributed by atoms with Gasteiger partial charge in [-0.3, -0.25) is 9.59 Å². The number of benzene rings is 3. The van der Waals surface area contributed by atoms with Crippen LogP contribution >= 0.6 is 0 Å². The lowest BCUT2D eigenvalue weighted by atomic mass is 10.0. The second-order valence-corrected chi connectivity index (χ2v) is 6.21. The molecule has 0 radical (unpaired) electrons. The molecule has 27 heavy (non-hydrogen) atoms. The van der Waals surface area contributed by atoms with E-state index >= 15 is 0 Å². The van der Waals surface area contributed by atoms with Crippen molar-refractivity contribution in [1.29, 1.82) is 0 Å². The normalized spacial score (nSPS) is 11.8. The molecule has 0 saturated heterocycles. The fourth-order valence-electron chi connectivity index (χ4n) is 2.78. The largest absolute Gasteiger partial charge is 0.387 e. The van der Waals surface area contributed by atoms with Gasteiger partial charge < -0.3 is 15.7 Å². The molecule has 1 atom stereocenters. The second kappa shape index (κ2) is 7.97. The minimum atomic E-state index is -0.968. The molecule has 0 fully saturated rings. The van der Waals surface area contributed by atoms with E-state index in [2.05, 4.69) is 10.6 Å². The standard InChI is InChI=1S/C21H19FN2O3/c1-13-9-10-15(11-18(13)22)24-21(27)20(26)23-12-19(25)17-8-4-6-14-5-2-3-7-16(14)17/h2-11,19,25H,12H2,1H3,(H,23,26)(H,24,27)/t19-/m0/s1. The van der Waals surface area contributed by atoms with Crippen molar-refractivity contribution in [2.24, 2.45) is 0 Å². The Morgan fingerprint density at radius 2 is 1.78 bits per heavy atom. The third-order valence-corrected chi connectivity index (χ3v) is 4.27. The van der Waals surface area contributed by atoms with E-state index in [1.807, 2.05) is 36.4 Å². The number of amides is 2. The maximum atomic E-state index is 13.5. The highest BCUT2D eigenvalue weighted by Crippen LogP contribution is 2.23. The van der Waals surface area contributed by atoms with E-state index < -0.39 is 23.7 Å². The molecule has 3 aromatic rings. The molecule has 0 saturated carbocycles. The molecule has 0 aromatic heterocycles. The molecule has 0 aliphatic carbocycles. The van der Waals surface area contributed by atoms with Crippen molar-refractivity contribution in [2.45, 2.75) is 13.0 Å². The van der Waals surface area contributed by atoms with Crippen molar-refractivity contribution in [3.8, 4) is 0 Å². The van der Waals surface area contributed by atoms with Gasteiger partial charge in [0.15, 0.2) is 0 Å². The van der Waals surface area contributed by atoms with E-state index in [9.17, 15) is 19.1 Å². The first-order chi connectivity index (χ1) is 13.0. The Labute approximate surface area is 155 Å². The molecule has 2 amide bonds. The van der Waals surface area contributed by atoms with Crippen LogP contribution in [0, 0.1) is 12.7 Å². The van der Waals surface area contributed by atoms with Gasteiger partial charge in [-0.1, -0.05) is 48.5 Å². The van der Waals surface area contributed by atoms with Crippen molar-refractivity contribution in [3.05, 3.63) is 77.6 Å². The number of aliphatic hydroxyl groups excluding tert-OH is 1. The number of nitrogens with one attached hydrogen (secondary N) is 2. The molecule has 138 valence electrons. The highest BCUT2D eigenvalue weighted by molar-refractivity contribution is 6.39. The average Bonchev–Trinajstić information content (AvgIpc) is 2.68. The monoisotopic (exact) mass is 366 g/mol. The van der Waals surface area contributed by atoms with Crippen molar-refractivity contribution in [1.82, 2.24) is 5.32 Å². The summed E-state index contributed by atoms with van der Waals surface area (Å²) in [5.41, 5.74) is 1.29. The Bertz CT molecular complexity index is 998. The molecule has 0 heterocycles. The van der Waals surface area contributed by atoms with Gasteiger partial charge in [0.05, 0.1) is 6.10 Å². The minimum Gasteiger partial charge on any atom is -0.387 e. The van der Waals surface area contributed by atoms with Crippen LogP contribution in [0.1, 0.15) is 17.2 Å². The smallest absolute Gasteiger partial charge is 0.313 e. The average molecular weight is 366 g/mol. The lowest BCUT2D eigenvalue weighted by molar-refractivity contribution is -0.136. The summed E-state index contributed by atoms with van der Waals surface area (Å²) in [5, 5.41) is 17.0. The van der Waals surface area contributed by atoms with Gasteiger partial charge in [0.2, 0.25) is 0 Å². The number of fused-ring (bicyclic) bond motifs is 1. The molecule has 0 unspecified atom stereocenters. The summed E-state index contributed by atoms with van der Waals surface area (Å²) >= 11 is 0. The Hall–Kier alpha value is -3.25. The molecule has 0 aliphatic heterocycles. The lowest BCUT2D eigenvalue weighted by Gasteiger charge is -2.14. The number of halogens is 1. The summed E-state index contributed by atoms with van der Waals surface area (Å²) in [4.78, 5) is 23.9. The minimum absolute atomic E-state index is 0.123. The zero-order valence-electron chi connectivity index (χ0n) is 14.7.